The molecule has 7 rings (SSSR count). The van der Waals surface area contributed by atoms with Crippen molar-refractivity contribution in [2.45, 2.75) is 69.9 Å². The summed E-state index contributed by atoms with van der Waals surface area (Å²) in [7, 11) is 0. The van der Waals surface area contributed by atoms with Crippen LogP contribution in [-0.2, 0) is 16.7 Å². The quantitative estimate of drug-likeness (QED) is 0.281. The lowest BCUT2D eigenvalue weighted by Gasteiger charge is -2.40. The Morgan fingerprint density at radius 2 is 1.68 bits per heavy atom. The summed E-state index contributed by atoms with van der Waals surface area (Å²) in [6.45, 7) is 5.87. The highest BCUT2D eigenvalue weighted by Crippen LogP contribution is 2.52. The number of nitrogens with two attached hydrogens (primary N) is 1. The molecule has 3 aliphatic rings. The first kappa shape index (κ1) is 28.4. The standard InChI is InChI=1S/C35H37N5O4/c1-34(2,3)44-33(43)40-28-16-7-6-15-27(28)38-32(40)35(36,26-14-8-10-21-11-9-17-37-29(21)26)19-22-18-23(22)20-39-30(41)24-12-4-5-13-25(24)31(39)42/h4-7,9,11-13,15-17,22-23,26H,8,10,14,18-20,36H2,1-3H3/t22?,23?,26-,35?/m1/s1. The molecule has 0 spiro atoms. The van der Waals surface area contributed by atoms with E-state index in [9.17, 15) is 14.4 Å². The molecule has 1 saturated carbocycles. The predicted octanol–water partition coefficient (Wildman–Crippen LogP) is 5.81. The van der Waals surface area contributed by atoms with Crippen LogP contribution in [0, 0.1) is 11.8 Å². The summed E-state index contributed by atoms with van der Waals surface area (Å²) in [5, 5.41) is 0. The van der Waals surface area contributed by atoms with Crippen molar-refractivity contribution in [2.75, 3.05) is 6.54 Å². The van der Waals surface area contributed by atoms with Gasteiger partial charge in [0, 0.05) is 24.4 Å². The third-order valence-corrected chi connectivity index (χ3v) is 9.33. The number of aryl methyl sites for hydroxylation is 1. The van der Waals surface area contributed by atoms with Gasteiger partial charge in [0.2, 0.25) is 0 Å². The minimum Gasteiger partial charge on any atom is -0.443 e. The minimum absolute atomic E-state index is 0.103. The number of fused-ring (bicyclic) bond motifs is 3. The molecule has 9 nitrogen and oxygen atoms in total. The number of para-hydroxylation sites is 2. The lowest BCUT2D eigenvalue weighted by atomic mass is 9.71. The molecule has 2 aliphatic carbocycles. The number of hydrogen-bond donors (Lipinski definition) is 1. The molecule has 2 amide bonds. The van der Waals surface area contributed by atoms with Gasteiger partial charge in [-0.3, -0.25) is 19.5 Å². The molecular formula is C35H37N5O4. The third-order valence-electron chi connectivity index (χ3n) is 9.33. The first-order chi connectivity index (χ1) is 21.0. The highest BCUT2D eigenvalue weighted by Gasteiger charge is 2.52. The van der Waals surface area contributed by atoms with Crippen LogP contribution in [0.4, 0.5) is 4.79 Å². The summed E-state index contributed by atoms with van der Waals surface area (Å²) < 4.78 is 7.45. The molecule has 44 heavy (non-hydrogen) atoms. The number of benzene rings is 2. The number of hydrogen-bond acceptors (Lipinski definition) is 7. The number of amides is 2. The number of carbonyl (C=O) groups excluding carboxylic acids is 3. The Morgan fingerprint density at radius 3 is 2.41 bits per heavy atom. The molecule has 0 radical (unpaired) electrons. The van der Waals surface area contributed by atoms with Crippen LogP contribution in [0.15, 0.2) is 66.9 Å². The molecule has 9 heteroatoms. The average Bonchev–Trinajstić information content (AvgIpc) is 3.52. The third kappa shape index (κ3) is 4.79. The molecule has 4 atom stereocenters. The normalized spacial score (nSPS) is 22.5. The first-order valence-corrected chi connectivity index (χ1v) is 15.4. The van der Waals surface area contributed by atoms with E-state index in [1.54, 1.807) is 35.0 Å². The van der Waals surface area contributed by atoms with Crippen molar-refractivity contribution in [1.29, 1.82) is 0 Å². The number of carbonyl (C=O) groups is 3. The molecule has 1 fully saturated rings. The molecule has 4 aromatic rings. The number of aromatic nitrogens is 3. The molecule has 3 heterocycles. The predicted molar refractivity (Wildman–Crippen MR) is 165 cm³/mol. The fourth-order valence-electron chi connectivity index (χ4n) is 7.19. The fourth-order valence-corrected chi connectivity index (χ4v) is 7.19. The Labute approximate surface area is 256 Å². The highest BCUT2D eigenvalue weighted by molar-refractivity contribution is 6.21. The van der Waals surface area contributed by atoms with Crippen molar-refractivity contribution in [3.05, 3.63) is 95.1 Å². The van der Waals surface area contributed by atoms with E-state index in [0.717, 1.165) is 36.9 Å². The van der Waals surface area contributed by atoms with Gasteiger partial charge in [-0.15, -0.1) is 0 Å². The number of ether oxygens (including phenoxy) is 1. The highest BCUT2D eigenvalue weighted by atomic mass is 16.6. The monoisotopic (exact) mass is 591 g/mol. The van der Waals surface area contributed by atoms with Crippen molar-refractivity contribution >= 4 is 28.9 Å². The van der Waals surface area contributed by atoms with Crippen molar-refractivity contribution in [2.24, 2.45) is 17.6 Å². The lowest BCUT2D eigenvalue weighted by molar-refractivity contribution is 0.0524. The minimum atomic E-state index is -1.07. The molecule has 2 N–H and O–H groups in total. The van der Waals surface area contributed by atoms with Gasteiger partial charge in [-0.2, -0.15) is 0 Å². The maximum absolute atomic E-state index is 13.9. The summed E-state index contributed by atoms with van der Waals surface area (Å²) in [4.78, 5) is 51.3. The van der Waals surface area contributed by atoms with Crippen LogP contribution in [0.1, 0.15) is 90.2 Å². The van der Waals surface area contributed by atoms with Crippen LogP contribution in [-0.4, -0.2) is 49.5 Å². The molecule has 2 aromatic carbocycles. The van der Waals surface area contributed by atoms with Crippen LogP contribution in [0.25, 0.3) is 11.0 Å². The van der Waals surface area contributed by atoms with Crippen molar-refractivity contribution in [3.63, 3.8) is 0 Å². The molecule has 226 valence electrons. The Morgan fingerprint density at radius 1 is 0.977 bits per heavy atom. The van der Waals surface area contributed by atoms with Gasteiger partial charge in [0.15, 0.2) is 0 Å². The summed E-state index contributed by atoms with van der Waals surface area (Å²) in [5.74, 6) is 0.0187. The van der Waals surface area contributed by atoms with Crippen molar-refractivity contribution in [3.8, 4) is 0 Å². The van der Waals surface area contributed by atoms with Crippen molar-refractivity contribution in [1.82, 2.24) is 19.4 Å². The average molecular weight is 592 g/mol. The van der Waals surface area contributed by atoms with E-state index in [-0.39, 0.29) is 29.6 Å². The lowest BCUT2D eigenvalue weighted by Crippen LogP contribution is -2.48. The molecular weight excluding hydrogens is 554 g/mol. The number of imidazole rings is 1. The van der Waals surface area contributed by atoms with Crippen molar-refractivity contribution < 1.29 is 19.1 Å². The summed E-state index contributed by atoms with van der Waals surface area (Å²) in [6.07, 6.45) is 5.28. The second-order valence-corrected chi connectivity index (χ2v) is 13.5. The maximum atomic E-state index is 13.9. The van der Waals surface area contributed by atoms with E-state index in [2.05, 4.69) is 6.07 Å². The van der Waals surface area contributed by atoms with Crippen LogP contribution in [0.2, 0.25) is 0 Å². The van der Waals surface area contributed by atoms with Gasteiger partial charge in [0.1, 0.15) is 11.4 Å². The van der Waals surface area contributed by atoms with E-state index in [1.807, 2.05) is 51.1 Å². The zero-order valence-corrected chi connectivity index (χ0v) is 25.3. The summed E-state index contributed by atoms with van der Waals surface area (Å²) in [5.41, 5.74) is 10.2. The zero-order chi connectivity index (χ0) is 30.8. The van der Waals surface area contributed by atoms with Crippen LogP contribution in [0.5, 0.6) is 0 Å². The molecule has 3 unspecified atom stereocenters. The van der Waals surface area contributed by atoms with Gasteiger partial charge in [0.25, 0.3) is 11.8 Å². The van der Waals surface area contributed by atoms with E-state index in [0.29, 0.717) is 41.0 Å². The van der Waals surface area contributed by atoms with Gasteiger partial charge < -0.3 is 10.5 Å². The van der Waals surface area contributed by atoms with Crippen LogP contribution in [0.3, 0.4) is 0 Å². The van der Waals surface area contributed by atoms with Gasteiger partial charge in [0.05, 0.1) is 27.7 Å². The van der Waals surface area contributed by atoms with E-state index < -0.39 is 17.2 Å². The van der Waals surface area contributed by atoms with Gasteiger partial charge in [-0.05, 0) is 101 Å². The summed E-state index contributed by atoms with van der Waals surface area (Å²) in [6, 6.07) is 18.6. The summed E-state index contributed by atoms with van der Waals surface area (Å²) >= 11 is 0. The second-order valence-electron chi connectivity index (χ2n) is 13.5. The smallest absolute Gasteiger partial charge is 0.420 e. The largest absolute Gasteiger partial charge is 0.443 e. The SMILES string of the molecule is CC(C)(C)OC(=O)n1c(C(N)(CC2CC2CN2C(=O)c3ccccc3C2=O)[C@@H]2CCCc3cccnc32)nc2ccccc21. The number of pyridine rings is 1. The maximum Gasteiger partial charge on any atom is 0.420 e. The van der Waals surface area contributed by atoms with E-state index in [1.165, 1.54) is 4.90 Å². The fraction of sp³-hybridized carbons (Fsp3) is 0.400. The Hall–Kier alpha value is -4.37. The van der Waals surface area contributed by atoms with Gasteiger partial charge in [-0.1, -0.05) is 30.3 Å². The molecule has 0 bridgehead atoms. The van der Waals surface area contributed by atoms with Crippen LogP contribution < -0.4 is 5.73 Å². The van der Waals surface area contributed by atoms with Gasteiger partial charge >= 0.3 is 6.09 Å². The Kier molecular flexibility index (Phi) is 6.69. The molecule has 2 aromatic heterocycles. The number of nitrogens with zero attached hydrogens (tertiary/aromatic N) is 4. The molecule has 1 aliphatic heterocycles. The van der Waals surface area contributed by atoms with Gasteiger partial charge in [-0.25, -0.2) is 14.3 Å². The topological polar surface area (TPSA) is 120 Å². The first-order valence-electron chi connectivity index (χ1n) is 15.4. The number of imide groups is 1. The van der Waals surface area contributed by atoms with E-state index >= 15 is 0 Å². The molecule has 0 saturated heterocycles. The second kappa shape index (κ2) is 10.4. The van der Waals surface area contributed by atoms with E-state index in [4.69, 9.17) is 20.4 Å². The number of rotatable bonds is 6. The zero-order valence-electron chi connectivity index (χ0n) is 25.3. The Balaban J connectivity index is 1.27. The van der Waals surface area contributed by atoms with Crippen LogP contribution >= 0.6 is 0 Å². The Bertz CT molecular complexity index is 1770.